The summed E-state index contributed by atoms with van der Waals surface area (Å²) in [6.07, 6.45) is 0.970. The first-order valence-electron chi connectivity index (χ1n) is 3.81. The Hall–Kier alpha value is -1.82. The van der Waals surface area contributed by atoms with Crippen LogP contribution in [0, 0.1) is 11.3 Å². The number of rotatable bonds is 3. The summed E-state index contributed by atoms with van der Waals surface area (Å²) in [5, 5.41) is 8.50. The van der Waals surface area contributed by atoms with Gasteiger partial charge in [-0.25, -0.2) is 0 Å². The normalized spacial score (nSPS) is 8.92. The number of methoxy groups -OCH3 is 1. The predicted molar refractivity (Wildman–Crippen MR) is 47.7 cm³/mol. The van der Waals surface area contributed by atoms with Crippen molar-refractivity contribution in [2.24, 2.45) is 0 Å². The Morgan fingerprint density at radius 2 is 2.38 bits per heavy atom. The third kappa shape index (κ3) is 2.06. The monoisotopic (exact) mass is 175 g/mol. The lowest BCUT2D eigenvalue weighted by molar-refractivity contribution is 0.112. The molecule has 0 saturated heterocycles. The lowest BCUT2D eigenvalue weighted by atomic mass is 10.1. The Bertz CT molecular complexity index is 352. The molecule has 0 amide bonds. The average Bonchev–Trinajstić information content (AvgIpc) is 2.18. The Labute approximate surface area is 76.6 Å². The minimum Gasteiger partial charge on any atom is -0.497 e. The molecule has 66 valence electrons. The fourth-order valence-electron chi connectivity index (χ4n) is 1.06. The molecule has 0 aromatic heterocycles. The summed E-state index contributed by atoms with van der Waals surface area (Å²) in [6, 6.07) is 7.05. The van der Waals surface area contributed by atoms with Gasteiger partial charge in [0.2, 0.25) is 0 Å². The van der Waals surface area contributed by atoms with Crippen molar-refractivity contribution in [2.75, 3.05) is 7.11 Å². The lowest BCUT2D eigenvalue weighted by Gasteiger charge is -2.03. The second kappa shape index (κ2) is 4.27. The van der Waals surface area contributed by atoms with Crippen molar-refractivity contribution in [2.45, 2.75) is 6.42 Å². The molecular weight excluding hydrogens is 166 g/mol. The Morgan fingerprint density at radius 3 is 2.92 bits per heavy atom. The molecule has 13 heavy (non-hydrogen) atoms. The van der Waals surface area contributed by atoms with E-state index in [0.29, 0.717) is 16.9 Å². The largest absolute Gasteiger partial charge is 0.497 e. The minimum absolute atomic E-state index is 0.227. The SMILES string of the molecule is COc1ccc(C=O)c(CC#N)c1. The van der Waals surface area contributed by atoms with Crippen LogP contribution in [0.15, 0.2) is 18.2 Å². The summed E-state index contributed by atoms with van der Waals surface area (Å²) in [5.41, 5.74) is 1.25. The van der Waals surface area contributed by atoms with Gasteiger partial charge in [0, 0.05) is 5.56 Å². The molecule has 0 bridgehead atoms. The van der Waals surface area contributed by atoms with Crippen LogP contribution in [-0.4, -0.2) is 13.4 Å². The van der Waals surface area contributed by atoms with Gasteiger partial charge in [-0.05, 0) is 23.8 Å². The molecular formula is C10H9NO2. The van der Waals surface area contributed by atoms with E-state index in [9.17, 15) is 4.79 Å². The number of carbonyl (C=O) groups excluding carboxylic acids is 1. The van der Waals surface area contributed by atoms with Crippen molar-refractivity contribution in [1.29, 1.82) is 5.26 Å². The highest BCUT2D eigenvalue weighted by molar-refractivity contribution is 5.77. The number of benzene rings is 1. The van der Waals surface area contributed by atoms with Gasteiger partial charge in [0.05, 0.1) is 19.6 Å². The maximum absolute atomic E-state index is 10.6. The molecule has 1 rings (SSSR count). The Balaban J connectivity index is 3.11. The fraction of sp³-hybridized carbons (Fsp3) is 0.200. The number of aldehydes is 1. The Morgan fingerprint density at radius 1 is 1.62 bits per heavy atom. The third-order valence-electron chi connectivity index (χ3n) is 1.75. The van der Waals surface area contributed by atoms with E-state index in [1.165, 1.54) is 0 Å². The lowest BCUT2D eigenvalue weighted by Crippen LogP contribution is -1.93. The first-order valence-corrected chi connectivity index (χ1v) is 3.81. The van der Waals surface area contributed by atoms with Gasteiger partial charge in [0.1, 0.15) is 12.0 Å². The zero-order valence-corrected chi connectivity index (χ0v) is 7.28. The molecule has 0 radical (unpaired) electrons. The van der Waals surface area contributed by atoms with Gasteiger partial charge in [-0.3, -0.25) is 4.79 Å². The summed E-state index contributed by atoms with van der Waals surface area (Å²) in [6.45, 7) is 0. The van der Waals surface area contributed by atoms with Crippen LogP contribution in [0.1, 0.15) is 15.9 Å². The highest BCUT2D eigenvalue weighted by Gasteiger charge is 2.02. The average molecular weight is 175 g/mol. The Kier molecular flexibility index (Phi) is 3.04. The van der Waals surface area contributed by atoms with E-state index in [1.54, 1.807) is 25.3 Å². The van der Waals surface area contributed by atoms with Crippen molar-refractivity contribution in [3.63, 3.8) is 0 Å². The molecule has 0 unspecified atom stereocenters. The highest BCUT2D eigenvalue weighted by Crippen LogP contribution is 2.16. The summed E-state index contributed by atoms with van der Waals surface area (Å²) < 4.78 is 4.98. The number of nitriles is 1. The van der Waals surface area contributed by atoms with Gasteiger partial charge in [-0.15, -0.1) is 0 Å². The topological polar surface area (TPSA) is 50.1 Å². The predicted octanol–water partition coefficient (Wildman–Crippen LogP) is 1.57. The first-order chi connectivity index (χ1) is 6.31. The summed E-state index contributed by atoms with van der Waals surface area (Å²) in [5.74, 6) is 0.663. The molecule has 1 aromatic rings. The molecule has 3 nitrogen and oxygen atoms in total. The van der Waals surface area contributed by atoms with Gasteiger partial charge in [0.15, 0.2) is 0 Å². The van der Waals surface area contributed by atoms with Gasteiger partial charge in [-0.1, -0.05) is 0 Å². The van der Waals surface area contributed by atoms with Crippen LogP contribution in [0.4, 0.5) is 0 Å². The van der Waals surface area contributed by atoms with Crippen molar-refractivity contribution < 1.29 is 9.53 Å². The van der Waals surface area contributed by atoms with E-state index in [2.05, 4.69) is 0 Å². The molecule has 0 fully saturated rings. The number of ether oxygens (including phenoxy) is 1. The highest BCUT2D eigenvalue weighted by atomic mass is 16.5. The second-order valence-electron chi connectivity index (χ2n) is 2.52. The molecule has 0 saturated carbocycles. The van der Waals surface area contributed by atoms with Gasteiger partial charge in [0.25, 0.3) is 0 Å². The maximum Gasteiger partial charge on any atom is 0.150 e. The molecule has 0 N–H and O–H groups in total. The number of nitrogens with zero attached hydrogens (tertiary/aromatic N) is 1. The molecule has 0 heterocycles. The zero-order chi connectivity index (χ0) is 9.68. The fourth-order valence-corrected chi connectivity index (χ4v) is 1.06. The summed E-state index contributed by atoms with van der Waals surface area (Å²) in [4.78, 5) is 10.6. The number of hydrogen-bond donors (Lipinski definition) is 0. The van der Waals surface area contributed by atoms with Gasteiger partial charge in [-0.2, -0.15) is 5.26 Å². The maximum atomic E-state index is 10.6. The molecule has 0 aliphatic carbocycles. The summed E-state index contributed by atoms with van der Waals surface area (Å²) >= 11 is 0. The number of carbonyl (C=O) groups is 1. The van der Waals surface area contributed by atoms with E-state index in [-0.39, 0.29) is 6.42 Å². The van der Waals surface area contributed by atoms with E-state index in [4.69, 9.17) is 10.00 Å². The second-order valence-corrected chi connectivity index (χ2v) is 2.52. The van der Waals surface area contributed by atoms with Crippen molar-refractivity contribution >= 4 is 6.29 Å². The third-order valence-corrected chi connectivity index (χ3v) is 1.75. The zero-order valence-electron chi connectivity index (χ0n) is 7.28. The quantitative estimate of drug-likeness (QED) is 0.655. The minimum atomic E-state index is 0.227. The smallest absolute Gasteiger partial charge is 0.150 e. The molecule has 0 atom stereocenters. The molecule has 0 aliphatic heterocycles. The van der Waals surface area contributed by atoms with Crippen LogP contribution in [0.3, 0.4) is 0 Å². The van der Waals surface area contributed by atoms with Crippen LogP contribution in [0.5, 0.6) is 5.75 Å². The number of hydrogen-bond acceptors (Lipinski definition) is 3. The molecule has 0 aliphatic rings. The van der Waals surface area contributed by atoms with E-state index in [0.717, 1.165) is 6.29 Å². The van der Waals surface area contributed by atoms with Crippen LogP contribution >= 0.6 is 0 Å². The van der Waals surface area contributed by atoms with E-state index < -0.39 is 0 Å². The van der Waals surface area contributed by atoms with E-state index in [1.807, 2.05) is 6.07 Å². The molecule has 3 heteroatoms. The molecule has 1 aromatic carbocycles. The van der Waals surface area contributed by atoms with Gasteiger partial charge >= 0.3 is 0 Å². The van der Waals surface area contributed by atoms with E-state index >= 15 is 0 Å². The van der Waals surface area contributed by atoms with Crippen LogP contribution in [0.25, 0.3) is 0 Å². The first kappa shape index (κ1) is 9.27. The van der Waals surface area contributed by atoms with Crippen LogP contribution < -0.4 is 4.74 Å². The van der Waals surface area contributed by atoms with Crippen molar-refractivity contribution in [1.82, 2.24) is 0 Å². The summed E-state index contributed by atoms with van der Waals surface area (Å²) in [7, 11) is 1.55. The van der Waals surface area contributed by atoms with Crippen molar-refractivity contribution in [3.05, 3.63) is 29.3 Å². The van der Waals surface area contributed by atoms with Crippen molar-refractivity contribution in [3.8, 4) is 11.8 Å². The van der Waals surface area contributed by atoms with Gasteiger partial charge < -0.3 is 4.74 Å². The molecule has 0 spiro atoms. The van der Waals surface area contributed by atoms with Crippen LogP contribution in [-0.2, 0) is 6.42 Å². The van der Waals surface area contributed by atoms with Crippen LogP contribution in [0.2, 0.25) is 0 Å². The standard InChI is InChI=1S/C10H9NO2/c1-13-10-3-2-9(7-12)8(6-10)4-5-11/h2-3,6-7H,4H2,1H3.